The molecule has 4 rings (SSSR count). The van der Waals surface area contributed by atoms with E-state index in [4.69, 9.17) is 9.47 Å². The summed E-state index contributed by atoms with van der Waals surface area (Å²) in [6.07, 6.45) is -0.302. The molecule has 0 aliphatic carbocycles. The van der Waals surface area contributed by atoms with Crippen LogP contribution in [0, 0.1) is 5.92 Å². The molecule has 3 N–H and O–H groups in total. The van der Waals surface area contributed by atoms with Crippen LogP contribution in [0.25, 0.3) is 0 Å². The van der Waals surface area contributed by atoms with Crippen molar-refractivity contribution in [2.24, 2.45) is 5.92 Å². The van der Waals surface area contributed by atoms with E-state index in [2.05, 4.69) is 15.5 Å². The van der Waals surface area contributed by atoms with Crippen LogP contribution in [0.2, 0.25) is 0 Å². The molecule has 3 aromatic rings. The zero-order valence-electron chi connectivity index (χ0n) is 23.5. The molecule has 0 unspecified atom stereocenters. The average molecular weight is 547 g/mol. The normalized spacial score (nSPS) is 17.8. The number of likely N-dealkylation sites (N-methyl/N-ethyl adjacent to an activating group) is 1. The van der Waals surface area contributed by atoms with E-state index in [0.717, 1.165) is 11.3 Å². The van der Waals surface area contributed by atoms with Crippen LogP contribution in [0.5, 0.6) is 11.5 Å². The summed E-state index contributed by atoms with van der Waals surface area (Å²) in [5.74, 6) is 0.815. The van der Waals surface area contributed by atoms with Crippen LogP contribution in [-0.4, -0.2) is 72.8 Å². The molecule has 1 heterocycles. The van der Waals surface area contributed by atoms with Crippen LogP contribution in [0.1, 0.15) is 29.8 Å². The number of urea groups is 1. The largest absolute Gasteiger partial charge is 0.497 e. The number of methoxy groups -OCH3 is 1. The number of nitrogens with zero attached hydrogens (tertiary/aromatic N) is 2. The fourth-order valence-electron chi connectivity index (χ4n) is 4.78. The fourth-order valence-corrected chi connectivity index (χ4v) is 4.78. The summed E-state index contributed by atoms with van der Waals surface area (Å²) >= 11 is 0. The van der Waals surface area contributed by atoms with E-state index in [-0.39, 0.29) is 30.6 Å². The lowest BCUT2D eigenvalue weighted by Gasteiger charge is -2.38. The van der Waals surface area contributed by atoms with Crippen LogP contribution < -0.4 is 20.1 Å². The molecule has 0 spiro atoms. The first kappa shape index (κ1) is 28.9. The molecule has 3 aromatic carbocycles. The first-order valence-corrected chi connectivity index (χ1v) is 13.4. The van der Waals surface area contributed by atoms with Gasteiger partial charge in [0, 0.05) is 31.2 Å². The predicted molar refractivity (Wildman–Crippen MR) is 156 cm³/mol. The summed E-state index contributed by atoms with van der Waals surface area (Å²) in [5.41, 5.74) is 2.51. The van der Waals surface area contributed by atoms with Crippen LogP contribution in [0.15, 0.2) is 72.8 Å². The highest BCUT2D eigenvalue weighted by Crippen LogP contribution is 2.35. The Morgan fingerprint density at radius 1 is 1.10 bits per heavy atom. The second kappa shape index (κ2) is 13.3. The number of benzene rings is 3. The zero-order chi connectivity index (χ0) is 28.6. The first-order valence-electron chi connectivity index (χ1n) is 13.4. The van der Waals surface area contributed by atoms with Gasteiger partial charge in [-0.1, -0.05) is 43.3 Å². The lowest BCUT2D eigenvalue weighted by Crippen LogP contribution is -2.49. The van der Waals surface area contributed by atoms with Gasteiger partial charge in [0.15, 0.2) is 5.75 Å². The number of anilines is 2. The third-order valence-electron chi connectivity index (χ3n) is 7.07. The highest BCUT2D eigenvalue weighted by atomic mass is 16.5. The second-order valence-corrected chi connectivity index (χ2v) is 10.3. The summed E-state index contributed by atoms with van der Waals surface area (Å²) in [4.78, 5) is 30.4. The van der Waals surface area contributed by atoms with Crippen LogP contribution in [-0.2, 0) is 6.54 Å². The fraction of sp³-hybridized carbons (Fsp3) is 0.355. The van der Waals surface area contributed by atoms with Gasteiger partial charge in [-0.15, -0.1) is 0 Å². The van der Waals surface area contributed by atoms with E-state index in [1.165, 1.54) is 0 Å². The summed E-state index contributed by atoms with van der Waals surface area (Å²) < 4.78 is 11.9. The van der Waals surface area contributed by atoms with E-state index in [9.17, 15) is 14.7 Å². The zero-order valence-corrected chi connectivity index (χ0v) is 23.5. The molecule has 0 aromatic heterocycles. The molecule has 0 saturated carbocycles. The van der Waals surface area contributed by atoms with Crippen molar-refractivity contribution in [3.05, 3.63) is 83.9 Å². The lowest BCUT2D eigenvalue weighted by atomic mass is 9.99. The standard InChI is InChI=1S/C31H38N4O5/c1-21-17-35(22(2)20-36)30(37)26-11-8-12-27(33-31(38)32-24-9-6-5-7-10-24)29(26)40-28(21)19-34(3)18-23-13-15-25(39-4)16-14-23/h5-16,21-22,28,36H,17-20H2,1-4H3,(H2,32,33,38)/t21-,22-,28-/m1/s1. The SMILES string of the molecule is COc1ccc(CN(C)C[C@H]2Oc3c(NC(=O)Nc4ccccc4)cccc3C(=O)N([C@H](C)CO)C[C@H]2C)cc1. The Kier molecular flexibility index (Phi) is 9.63. The number of aliphatic hydroxyl groups excluding tert-OH is 1. The van der Waals surface area contributed by atoms with Crippen LogP contribution >= 0.6 is 0 Å². The van der Waals surface area contributed by atoms with Crippen molar-refractivity contribution in [1.29, 1.82) is 0 Å². The minimum Gasteiger partial charge on any atom is -0.497 e. The number of amides is 3. The van der Waals surface area contributed by atoms with Gasteiger partial charge in [-0.3, -0.25) is 9.69 Å². The lowest BCUT2D eigenvalue weighted by molar-refractivity contribution is 0.0343. The van der Waals surface area contributed by atoms with Crippen molar-refractivity contribution in [2.45, 2.75) is 32.5 Å². The number of ether oxygens (including phenoxy) is 2. The van der Waals surface area contributed by atoms with Crippen molar-refractivity contribution >= 4 is 23.3 Å². The summed E-state index contributed by atoms with van der Waals surface area (Å²) in [5, 5.41) is 15.6. The van der Waals surface area contributed by atoms with Gasteiger partial charge in [0.05, 0.1) is 31.0 Å². The molecule has 212 valence electrons. The Bertz CT molecular complexity index is 1280. The van der Waals surface area contributed by atoms with Gasteiger partial charge in [0.2, 0.25) is 0 Å². The Morgan fingerprint density at radius 3 is 2.50 bits per heavy atom. The molecular weight excluding hydrogens is 508 g/mol. The first-order chi connectivity index (χ1) is 19.3. The van der Waals surface area contributed by atoms with E-state index in [1.807, 2.05) is 63.4 Å². The molecule has 9 nitrogen and oxygen atoms in total. The van der Waals surface area contributed by atoms with Gasteiger partial charge in [0.25, 0.3) is 5.91 Å². The number of hydrogen-bond donors (Lipinski definition) is 3. The van der Waals surface area contributed by atoms with Gasteiger partial charge >= 0.3 is 6.03 Å². The summed E-state index contributed by atoms with van der Waals surface area (Å²) in [6, 6.07) is 21.4. The minimum atomic E-state index is -0.445. The molecule has 0 fully saturated rings. The van der Waals surface area contributed by atoms with Crippen LogP contribution in [0.4, 0.5) is 16.2 Å². The number of rotatable bonds is 9. The molecule has 9 heteroatoms. The maximum atomic E-state index is 13.7. The second-order valence-electron chi connectivity index (χ2n) is 10.3. The molecule has 3 atom stereocenters. The maximum Gasteiger partial charge on any atom is 0.323 e. The smallest absolute Gasteiger partial charge is 0.323 e. The number of nitrogens with one attached hydrogen (secondary N) is 2. The number of para-hydroxylation sites is 2. The van der Waals surface area contributed by atoms with Gasteiger partial charge in [-0.25, -0.2) is 4.79 Å². The molecule has 40 heavy (non-hydrogen) atoms. The Hall–Kier alpha value is -4.08. The molecule has 0 bridgehead atoms. The average Bonchev–Trinajstić information content (AvgIpc) is 2.95. The molecular formula is C31H38N4O5. The highest BCUT2D eigenvalue weighted by Gasteiger charge is 2.34. The number of carbonyl (C=O) groups is 2. The highest BCUT2D eigenvalue weighted by molar-refractivity contribution is 6.04. The van der Waals surface area contributed by atoms with E-state index < -0.39 is 6.03 Å². The van der Waals surface area contributed by atoms with Gasteiger partial charge in [0.1, 0.15) is 11.9 Å². The molecule has 3 amide bonds. The summed E-state index contributed by atoms with van der Waals surface area (Å²) in [6.45, 7) is 5.40. The summed E-state index contributed by atoms with van der Waals surface area (Å²) in [7, 11) is 3.67. The van der Waals surface area contributed by atoms with Crippen molar-refractivity contribution in [3.63, 3.8) is 0 Å². The Labute approximate surface area is 235 Å². The monoisotopic (exact) mass is 546 g/mol. The predicted octanol–water partition coefficient (Wildman–Crippen LogP) is 4.69. The number of fused-ring (bicyclic) bond motifs is 1. The van der Waals surface area contributed by atoms with E-state index in [1.54, 1.807) is 42.3 Å². The van der Waals surface area contributed by atoms with E-state index >= 15 is 0 Å². The number of hydrogen-bond acceptors (Lipinski definition) is 6. The minimum absolute atomic E-state index is 0.0596. The maximum absolute atomic E-state index is 13.7. The topological polar surface area (TPSA) is 103 Å². The van der Waals surface area contributed by atoms with Crippen LogP contribution in [0.3, 0.4) is 0 Å². The van der Waals surface area contributed by atoms with Crippen molar-refractivity contribution in [2.75, 3.05) is 44.5 Å². The molecule has 0 saturated heterocycles. The number of carbonyl (C=O) groups excluding carboxylic acids is 2. The van der Waals surface area contributed by atoms with Crippen molar-refractivity contribution < 1.29 is 24.2 Å². The molecule has 1 aliphatic rings. The van der Waals surface area contributed by atoms with Crippen molar-refractivity contribution in [1.82, 2.24) is 9.80 Å². The van der Waals surface area contributed by atoms with Gasteiger partial charge in [-0.05, 0) is 55.9 Å². The molecule has 0 radical (unpaired) electrons. The third kappa shape index (κ3) is 7.11. The Morgan fingerprint density at radius 2 is 1.82 bits per heavy atom. The molecule has 1 aliphatic heterocycles. The quantitative estimate of drug-likeness (QED) is 0.360. The number of aliphatic hydroxyl groups is 1. The van der Waals surface area contributed by atoms with E-state index in [0.29, 0.717) is 42.3 Å². The van der Waals surface area contributed by atoms with Crippen molar-refractivity contribution in [3.8, 4) is 11.5 Å². The van der Waals surface area contributed by atoms with Gasteiger partial charge < -0.3 is 30.1 Å². The third-order valence-corrected chi connectivity index (χ3v) is 7.07. The Balaban J connectivity index is 1.61. The van der Waals surface area contributed by atoms with Gasteiger partial charge in [-0.2, -0.15) is 0 Å².